The molecule has 24 heavy (non-hydrogen) atoms. The molecular formula is C19H17FN2O2. The van der Waals surface area contributed by atoms with Crippen LogP contribution in [0.2, 0.25) is 0 Å². The highest BCUT2D eigenvalue weighted by molar-refractivity contribution is 6.06. The first-order valence-electron chi connectivity index (χ1n) is 7.77. The molecule has 0 radical (unpaired) electrons. The van der Waals surface area contributed by atoms with Crippen molar-refractivity contribution >= 4 is 22.5 Å². The topological polar surface area (TPSA) is 51.2 Å². The average molecular weight is 324 g/mol. The van der Waals surface area contributed by atoms with E-state index >= 15 is 0 Å². The number of amides is 1. The van der Waals surface area contributed by atoms with E-state index in [1.165, 1.54) is 0 Å². The van der Waals surface area contributed by atoms with Crippen molar-refractivity contribution in [1.82, 2.24) is 4.98 Å². The summed E-state index contributed by atoms with van der Waals surface area (Å²) in [4.78, 5) is 16.2. The number of hydrogen-bond donors (Lipinski definition) is 1. The van der Waals surface area contributed by atoms with Gasteiger partial charge in [0.25, 0.3) is 11.9 Å². The minimum absolute atomic E-state index is 0.102. The Morgan fingerprint density at radius 3 is 2.71 bits per heavy atom. The molecule has 0 aliphatic carbocycles. The van der Waals surface area contributed by atoms with E-state index in [4.69, 9.17) is 4.74 Å². The molecule has 0 unspecified atom stereocenters. The van der Waals surface area contributed by atoms with E-state index in [2.05, 4.69) is 10.3 Å². The van der Waals surface area contributed by atoms with Gasteiger partial charge in [-0.25, -0.2) is 4.98 Å². The quantitative estimate of drug-likeness (QED) is 0.707. The predicted octanol–water partition coefficient (Wildman–Crippen LogP) is 4.42. The predicted molar refractivity (Wildman–Crippen MR) is 91.9 cm³/mol. The van der Waals surface area contributed by atoms with Crippen molar-refractivity contribution in [3.8, 4) is 5.75 Å². The Hall–Kier alpha value is -2.95. The summed E-state index contributed by atoms with van der Waals surface area (Å²) in [6, 6.07) is 15.7. The molecule has 1 N–H and O–H groups in total. The maximum atomic E-state index is 13.9. The van der Waals surface area contributed by atoms with Crippen molar-refractivity contribution in [3.05, 3.63) is 66.1 Å². The second kappa shape index (κ2) is 7.08. The number of anilines is 1. The monoisotopic (exact) mass is 324 g/mol. The third-order valence-electron chi connectivity index (χ3n) is 3.49. The molecule has 1 aromatic heterocycles. The highest BCUT2D eigenvalue weighted by Crippen LogP contribution is 2.23. The lowest BCUT2D eigenvalue weighted by Gasteiger charge is -2.09. The Morgan fingerprint density at radius 1 is 1.17 bits per heavy atom. The minimum Gasteiger partial charge on any atom is -0.489 e. The maximum absolute atomic E-state index is 13.9. The number of benzene rings is 2. The molecule has 1 heterocycles. The number of hydrogen-bond acceptors (Lipinski definition) is 3. The molecule has 0 spiro atoms. The van der Waals surface area contributed by atoms with E-state index in [1.807, 2.05) is 37.3 Å². The van der Waals surface area contributed by atoms with Gasteiger partial charge in [0.1, 0.15) is 0 Å². The van der Waals surface area contributed by atoms with Gasteiger partial charge in [0.05, 0.1) is 12.1 Å². The highest BCUT2D eigenvalue weighted by Gasteiger charge is 2.11. The second-order valence-corrected chi connectivity index (χ2v) is 5.35. The molecule has 0 aliphatic rings. The lowest BCUT2D eigenvalue weighted by atomic mass is 10.1. The Kier molecular flexibility index (Phi) is 4.70. The lowest BCUT2D eigenvalue weighted by Crippen LogP contribution is -2.11. The van der Waals surface area contributed by atoms with Crippen LogP contribution in [0.15, 0.2) is 54.6 Å². The Morgan fingerprint density at radius 2 is 1.96 bits per heavy atom. The molecule has 0 atom stereocenters. The van der Waals surface area contributed by atoms with Crippen molar-refractivity contribution in [2.45, 2.75) is 13.3 Å². The fourth-order valence-corrected chi connectivity index (χ4v) is 2.31. The molecule has 5 heteroatoms. The molecule has 3 rings (SSSR count). The normalized spacial score (nSPS) is 10.6. The van der Waals surface area contributed by atoms with Crippen LogP contribution >= 0.6 is 0 Å². The van der Waals surface area contributed by atoms with Gasteiger partial charge < -0.3 is 10.1 Å². The first-order chi connectivity index (χ1) is 11.7. The zero-order chi connectivity index (χ0) is 16.9. The van der Waals surface area contributed by atoms with Crippen molar-refractivity contribution in [2.75, 3.05) is 11.9 Å². The van der Waals surface area contributed by atoms with Crippen molar-refractivity contribution in [1.29, 1.82) is 0 Å². The SMILES string of the molecule is CCCOc1cc2cc(C(=O)Nc3ccccc3)ccc2nc1F. The van der Waals surface area contributed by atoms with Crippen LogP contribution in [-0.4, -0.2) is 17.5 Å². The molecular weight excluding hydrogens is 307 g/mol. The lowest BCUT2D eigenvalue weighted by molar-refractivity contribution is 0.102. The number of para-hydroxylation sites is 1. The summed E-state index contributed by atoms with van der Waals surface area (Å²) in [5.41, 5.74) is 1.67. The second-order valence-electron chi connectivity index (χ2n) is 5.35. The van der Waals surface area contributed by atoms with Gasteiger partial charge in [-0.1, -0.05) is 25.1 Å². The van der Waals surface area contributed by atoms with Crippen molar-refractivity contribution < 1.29 is 13.9 Å². The summed E-state index contributed by atoms with van der Waals surface area (Å²) < 4.78 is 19.2. The van der Waals surface area contributed by atoms with Gasteiger partial charge in [-0.15, -0.1) is 0 Å². The number of carbonyl (C=O) groups is 1. The molecule has 122 valence electrons. The smallest absolute Gasteiger partial charge is 0.255 e. The number of carbonyl (C=O) groups excluding carboxylic acids is 1. The van der Waals surface area contributed by atoms with E-state index in [9.17, 15) is 9.18 Å². The number of aromatic nitrogens is 1. The molecule has 0 fully saturated rings. The van der Waals surface area contributed by atoms with Crippen LogP contribution in [0, 0.1) is 5.95 Å². The third kappa shape index (κ3) is 3.51. The van der Waals surface area contributed by atoms with Crippen LogP contribution in [0.4, 0.5) is 10.1 Å². The summed E-state index contributed by atoms with van der Waals surface area (Å²) in [6.07, 6.45) is 0.775. The van der Waals surface area contributed by atoms with E-state index in [1.54, 1.807) is 24.3 Å². The van der Waals surface area contributed by atoms with Crippen LogP contribution in [0.3, 0.4) is 0 Å². The zero-order valence-electron chi connectivity index (χ0n) is 13.3. The molecule has 4 nitrogen and oxygen atoms in total. The molecule has 1 amide bonds. The van der Waals surface area contributed by atoms with Crippen LogP contribution in [-0.2, 0) is 0 Å². The van der Waals surface area contributed by atoms with E-state index < -0.39 is 5.95 Å². The molecule has 0 saturated heterocycles. The summed E-state index contributed by atoms with van der Waals surface area (Å²) in [5, 5.41) is 3.47. The number of nitrogens with zero attached hydrogens (tertiary/aromatic N) is 1. The third-order valence-corrected chi connectivity index (χ3v) is 3.49. The number of pyridine rings is 1. The van der Waals surface area contributed by atoms with E-state index in [0.717, 1.165) is 6.42 Å². The largest absolute Gasteiger partial charge is 0.489 e. The Balaban J connectivity index is 1.89. The number of nitrogens with one attached hydrogen (secondary N) is 1. The first kappa shape index (κ1) is 15.9. The van der Waals surface area contributed by atoms with Gasteiger partial charge in [-0.2, -0.15) is 4.39 Å². The van der Waals surface area contributed by atoms with Crippen LogP contribution < -0.4 is 10.1 Å². The summed E-state index contributed by atoms with van der Waals surface area (Å²) in [6.45, 7) is 2.36. The number of rotatable bonds is 5. The van der Waals surface area contributed by atoms with Gasteiger partial charge >= 0.3 is 0 Å². The molecule has 0 saturated carbocycles. The first-order valence-corrected chi connectivity index (χ1v) is 7.77. The molecule has 0 bridgehead atoms. The highest BCUT2D eigenvalue weighted by atomic mass is 19.1. The zero-order valence-corrected chi connectivity index (χ0v) is 13.3. The standard InChI is InChI=1S/C19H17FN2O2/c1-2-10-24-17-12-14-11-13(8-9-16(14)22-18(17)20)19(23)21-15-6-4-3-5-7-15/h3-9,11-12H,2,10H2,1H3,(H,21,23). The molecule has 0 aliphatic heterocycles. The van der Waals surface area contributed by atoms with Crippen molar-refractivity contribution in [2.24, 2.45) is 0 Å². The van der Waals surface area contributed by atoms with Gasteiger partial charge in [-0.05, 0) is 42.8 Å². The van der Waals surface area contributed by atoms with Gasteiger partial charge in [0.15, 0.2) is 5.75 Å². The number of fused-ring (bicyclic) bond motifs is 1. The number of halogens is 1. The fourth-order valence-electron chi connectivity index (χ4n) is 2.31. The van der Waals surface area contributed by atoms with Crippen LogP contribution in [0.25, 0.3) is 10.9 Å². The Labute approximate surface area is 139 Å². The number of ether oxygens (including phenoxy) is 1. The van der Waals surface area contributed by atoms with Crippen molar-refractivity contribution in [3.63, 3.8) is 0 Å². The Bertz CT molecular complexity index is 866. The van der Waals surface area contributed by atoms with E-state index in [0.29, 0.717) is 28.8 Å². The van der Waals surface area contributed by atoms with Crippen LogP contribution in [0.1, 0.15) is 23.7 Å². The van der Waals surface area contributed by atoms with Gasteiger partial charge in [0.2, 0.25) is 0 Å². The van der Waals surface area contributed by atoms with Gasteiger partial charge in [0, 0.05) is 16.6 Å². The molecule has 3 aromatic rings. The summed E-state index contributed by atoms with van der Waals surface area (Å²) in [5.74, 6) is -0.772. The van der Waals surface area contributed by atoms with E-state index in [-0.39, 0.29) is 11.7 Å². The maximum Gasteiger partial charge on any atom is 0.255 e. The fraction of sp³-hybridized carbons (Fsp3) is 0.158. The average Bonchev–Trinajstić information content (AvgIpc) is 2.60. The van der Waals surface area contributed by atoms with Crippen LogP contribution in [0.5, 0.6) is 5.75 Å². The minimum atomic E-state index is -0.641. The summed E-state index contributed by atoms with van der Waals surface area (Å²) >= 11 is 0. The molecule has 2 aromatic carbocycles. The van der Waals surface area contributed by atoms with Gasteiger partial charge in [-0.3, -0.25) is 4.79 Å². The summed E-state index contributed by atoms with van der Waals surface area (Å²) in [7, 11) is 0.